The number of halogens is 3. The van der Waals surface area contributed by atoms with Crippen molar-refractivity contribution in [3.63, 3.8) is 0 Å². The molecule has 0 bridgehead atoms. The predicted octanol–water partition coefficient (Wildman–Crippen LogP) is 3.97. The summed E-state index contributed by atoms with van der Waals surface area (Å²) in [6.07, 6.45) is -3.39. The minimum absolute atomic E-state index is 0.0559. The van der Waals surface area contributed by atoms with Crippen LogP contribution < -0.4 is 11.1 Å². The molecule has 0 aliphatic rings. The normalized spacial score (nSPS) is 11.8. The maximum absolute atomic E-state index is 13.7. The van der Waals surface area contributed by atoms with E-state index in [9.17, 15) is 32.9 Å². The maximum Gasteiger partial charge on any atom is 0.433 e. The highest BCUT2D eigenvalue weighted by Crippen LogP contribution is 2.44. The van der Waals surface area contributed by atoms with Crippen LogP contribution in [0, 0.1) is 30.9 Å². The van der Waals surface area contributed by atoms with Gasteiger partial charge >= 0.3 is 11.9 Å². The van der Waals surface area contributed by atoms with Gasteiger partial charge in [0.1, 0.15) is 33.3 Å². The molecule has 0 saturated carbocycles. The van der Waals surface area contributed by atoms with Crippen molar-refractivity contribution in [1.82, 2.24) is 24.5 Å². The second-order valence-electron chi connectivity index (χ2n) is 8.35. The summed E-state index contributed by atoms with van der Waals surface area (Å²) in [6.45, 7) is 6.34. The Hall–Kier alpha value is -4.34. The number of amides is 2. The molecular weight excluding hydrogens is 529 g/mol. The number of hydrogen-bond acceptors (Lipinski definition) is 8. The van der Waals surface area contributed by atoms with Crippen LogP contribution in [0.3, 0.4) is 0 Å². The quantitative estimate of drug-likeness (QED) is 0.260. The van der Waals surface area contributed by atoms with Crippen molar-refractivity contribution >= 4 is 44.7 Å². The smallest absolute Gasteiger partial charge is 0.365 e. The Labute approximate surface area is 216 Å². The van der Waals surface area contributed by atoms with Crippen LogP contribution in [0.4, 0.5) is 24.5 Å². The molecule has 4 aromatic rings. The number of nitrogens with one attached hydrogen (secondary N) is 1. The van der Waals surface area contributed by atoms with E-state index >= 15 is 0 Å². The first-order valence-electron chi connectivity index (χ1n) is 11.1. The molecule has 12 nitrogen and oxygen atoms in total. The lowest BCUT2D eigenvalue weighted by molar-refractivity contribution is -0.386. The van der Waals surface area contributed by atoms with E-state index in [0.717, 1.165) is 10.7 Å². The van der Waals surface area contributed by atoms with Crippen molar-refractivity contribution in [2.45, 2.75) is 47.0 Å². The van der Waals surface area contributed by atoms with Gasteiger partial charge in [0.2, 0.25) is 5.91 Å². The van der Waals surface area contributed by atoms with Gasteiger partial charge in [-0.25, -0.2) is 4.98 Å². The largest absolute Gasteiger partial charge is 0.433 e. The number of alkyl halides is 3. The van der Waals surface area contributed by atoms with Crippen molar-refractivity contribution in [3.8, 4) is 11.1 Å². The average Bonchev–Trinajstić information content (AvgIpc) is 3.45. The van der Waals surface area contributed by atoms with Crippen LogP contribution in [0.15, 0.2) is 12.3 Å². The first-order chi connectivity index (χ1) is 17.7. The fourth-order valence-electron chi connectivity index (χ4n) is 4.20. The number of aryl methyl sites for hydroxylation is 2. The number of pyridine rings is 1. The predicted molar refractivity (Wildman–Crippen MR) is 132 cm³/mol. The summed E-state index contributed by atoms with van der Waals surface area (Å²) in [6, 6.07) is 0.837. The van der Waals surface area contributed by atoms with Crippen molar-refractivity contribution < 1.29 is 27.7 Å². The molecule has 0 aliphatic carbocycles. The van der Waals surface area contributed by atoms with Crippen molar-refractivity contribution in [2.75, 3.05) is 5.32 Å². The van der Waals surface area contributed by atoms with Crippen LogP contribution in [0.25, 0.3) is 21.3 Å². The molecule has 4 heterocycles. The number of thiophene rings is 1. The summed E-state index contributed by atoms with van der Waals surface area (Å²) in [5.74, 6) is -1.72. The first-order valence-corrected chi connectivity index (χ1v) is 11.9. The standard InChI is InChI=1S/C22H21F3N8O4S/c1-5-31-10(3)13(7-27-31)12-6-14(22(23,24)25)28-21-16(12)17(19(38-21)20(26)35)29-15(34)8-32-11(4)18(33(36)37)9(2)30-32/h6-7H,5,8H2,1-4H3,(H2,26,35)(H,29,34). The van der Waals surface area contributed by atoms with Crippen molar-refractivity contribution in [1.29, 1.82) is 0 Å². The fraction of sp³-hybridized carbons (Fsp3) is 0.318. The van der Waals surface area contributed by atoms with Crippen LogP contribution in [-0.4, -0.2) is 41.3 Å². The zero-order valence-corrected chi connectivity index (χ0v) is 21.3. The number of carbonyl (C=O) groups excluding carboxylic acids is 2. The van der Waals surface area contributed by atoms with E-state index in [0.29, 0.717) is 29.1 Å². The van der Waals surface area contributed by atoms with Gasteiger partial charge in [0.15, 0.2) is 0 Å². The molecule has 4 rings (SSSR count). The van der Waals surface area contributed by atoms with Gasteiger partial charge in [0, 0.05) is 23.2 Å². The SMILES string of the molecule is CCn1ncc(-c2cc(C(F)(F)F)nc3sc(C(N)=O)c(NC(=O)Cn4nc(C)c([N+](=O)[O-])c4C)c23)c1C. The number of hydrogen-bond donors (Lipinski definition) is 2. The summed E-state index contributed by atoms with van der Waals surface area (Å²) in [5.41, 5.74) is 5.18. The number of carbonyl (C=O) groups is 2. The monoisotopic (exact) mass is 550 g/mol. The van der Waals surface area contributed by atoms with Crippen molar-refractivity contribution in [3.05, 3.63) is 50.0 Å². The first kappa shape index (κ1) is 26.7. The van der Waals surface area contributed by atoms with E-state index < -0.39 is 35.2 Å². The Bertz CT molecular complexity index is 1620. The van der Waals surface area contributed by atoms with Gasteiger partial charge in [-0.1, -0.05) is 0 Å². The Balaban J connectivity index is 1.89. The number of nitro groups is 1. The Morgan fingerprint density at radius 2 is 1.87 bits per heavy atom. The molecule has 0 fully saturated rings. The molecule has 4 aromatic heterocycles. The van der Waals surface area contributed by atoms with E-state index in [4.69, 9.17) is 5.73 Å². The van der Waals surface area contributed by atoms with Crippen LogP contribution >= 0.6 is 11.3 Å². The summed E-state index contributed by atoms with van der Waals surface area (Å²) >= 11 is 0.612. The number of fused-ring (bicyclic) bond motifs is 1. The molecular formula is C22H21F3N8O4S. The third kappa shape index (κ3) is 4.57. The lowest BCUT2D eigenvalue weighted by atomic mass is 10.0. The molecule has 2 amide bonds. The second kappa shape index (κ2) is 9.51. The molecule has 3 N–H and O–H groups in total. The van der Waals surface area contributed by atoms with Crippen molar-refractivity contribution in [2.24, 2.45) is 5.73 Å². The van der Waals surface area contributed by atoms with Crippen LogP contribution in [-0.2, 0) is 24.1 Å². The van der Waals surface area contributed by atoms with Gasteiger partial charge in [0.25, 0.3) is 5.91 Å². The molecule has 0 saturated heterocycles. The van der Waals surface area contributed by atoms with E-state index in [2.05, 4.69) is 20.5 Å². The fourth-order valence-corrected chi connectivity index (χ4v) is 5.21. The molecule has 0 atom stereocenters. The zero-order valence-electron chi connectivity index (χ0n) is 20.5. The van der Waals surface area contributed by atoms with Gasteiger partial charge in [0.05, 0.1) is 16.8 Å². The van der Waals surface area contributed by atoms with Gasteiger partial charge in [-0.2, -0.15) is 23.4 Å². The van der Waals surface area contributed by atoms with Crippen LogP contribution in [0.1, 0.15) is 39.4 Å². The van der Waals surface area contributed by atoms with E-state index in [-0.39, 0.29) is 43.4 Å². The van der Waals surface area contributed by atoms with Gasteiger partial charge in [-0.3, -0.25) is 29.1 Å². The number of anilines is 1. The lowest BCUT2D eigenvalue weighted by Gasteiger charge is -2.12. The van der Waals surface area contributed by atoms with E-state index in [1.54, 1.807) is 11.6 Å². The highest BCUT2D eigenvalue weighted by molar-refractivity contribution is 7.21. The van der Waals surface area contributed by atoms with E-state index in [1.165, 1.54) is 20.0 Å². The highest BCUT2D eigenvalue weighted by atomic mass is 32.1. The number of primary amides is 1. The summed E-state index contributed by atoms with van der Waals surface area (Å²) in [4.78, 5) is 39.3. The Morgan fingerprint density at radius 1 is 1.18 bits per heavy atom. The number of rotatable bonds is 7. The van der Waals surface area contributed by atoms with Gasteiger partial charge in [-0.05, 0) is 39.3 Å². The molecule has 0 aliphatic heterocycles. The van der Waals surface area contributed by atoms with E-state index in [1.807, 2.05) is 6.92 Å². The Morgan fingerprint density at radius 3 is 2.39 bits per heavy atom. The number of aromatic nitrogens is 5. The molecule has 200 valence electrons. The third-order valence-electron chi connectivity index (χ3n) is 5.95. The number of nitrogens with two attached hydrogens (primary N) is 1. The van der Waals surface area contributed by atoms with Crippen LogP contribution in [0.2, 0.25) is 0 Å². The highest BCUT2D eigenvalue weighted by Gasteiger charge is 2.35. The third-order valence-corrected chi connectivity index (χ3v) is 7.05. The molecule has 0 spiro atoms. The minimum atomic E-state index is -4.79. The summed E-state index contributed by atoms with van der Waals surface area (Å²) < 4.78 is 43.9. The van der Waals surface area contributed by atoms with Crippen LogP contribution in [0.5, 0.6) is 0 Å². The number of nitrogens with zero attached hydrogens (tertiary/aromatic N) is 6. The molecule has 16 heteroatoms. The molecule has 0 radical (unpaired) electrons. The van der Waals surface area contributed by atoms with Gasteiger partial charge < -0.3 is 11.1 Å². The molecule has 0 unspecified atom stereocenters. The topological polar surface area (TPSA) is 164 Å². The second-order valence-corrected chi connectivity index (χ2v) is 9.34. The zero-order chi connectivity index (χ0) is 28.1. The average molecular weight is 551 g/mol. The maximum atomic E-state index is 13.7. The minimum Gasteiger partial charge on any atom is -0.365 e. The summed E-state index contributed by atoms with van der Waals surface area (Å²) in [5, 5.41) is 22.2. The molecule has 38 heavy (non-hydrogen) atoms. The van der Waals surface area contributed by atoms with Gasteiger partial charge in [-0.15, -0.1) is 11.3 Å². The lowest BCUT2D eigenvalue weighted by Crippen LogP contribution is -2.22. The molecule has 0 aromatic carbocycles. The Kier molecular flexibility index (Phi) is 6.69. The summed E-state index contributed by atoms with van der Waals surface area (Å²) in [7, 11) is 0.